The Morgan fingerprint density at radius 1 is 1.22 bits per heavy atom. The molecule has 0 bridgehead atoms. The molecule has 0 spiro atoms. The minimum atomic E-state index is 0.545. The molecule has 3 rings (SSSR count). The van der Waals surface area contributed by atoms with Crippen LogP contribution >= 0.6 is 11.3 Å². The highest BCUT2D eigenvalue weighted by molar-refractivity contribution is 7.13. The highest BCUT2D eigenvalue weighted by atomic mass is 32.1. The van der Waals surface area contributed by atoms with E-state index in [0.29, 0.717) is 6.54 Å². The summed E-state index contributed by atoms with van der Waals surface area (Å²) in [4.78, 5) is 4.58. The van der Waals surface area contributed by atoms with Crippen LogP contribution in [-0.4, -0.2) is 4.98 Å². The smallest absolute Gasteiger partial charge is 0.162 e. The average Bonchev–Trinajstić information content (AvgIpc) is 3.09. The molecular weight excluding hydrogens is 244 g/mol. The Kier molecular flexibility index (Phi) is 2.96. The average molecular weight is 256 g/mol. The predicted octanol–water partition coefficient (Wildman–Crippen LogP) is 3.53. The van der Waals surface area contributed by atoms with Crippen molar-refractivity contribution in [1.29, 1.82) is 0 Å². The van der Waals surface area contributed by atoms with Crippen LogP contribution < -0.4 is 5.73 Å². The van der Waals surface area contributed by atoms with Gasteiger partial charge in [0.2, 0.25) is 0 Å². The number of nitrogens with two attached hydrogens (primary N) is 1. The van der Waals surface area contributed by atoms with Crippen LogP contribution in [0, 0.1) is 0 Å². The highest BCUT2D eigenvalue weighted by Gasteiger charge is 2.08. The summed E-state index contributed by atoms with van der Waals surface area (Å²) in [5.41, 5.74) is 8.81. The lowest BCUT2D eigenvalue weighted by Gasteiger charge is -2.00. The Balaban J connectivity index is 1.97. The predicted molar refractivity (Wildman–Crippen MR) is 73.1 cm³/mol. The van der Waals surface area contributed by atoms with Crippen LogP contribution in [0.1, 0.15) is 5.56 Å². The van der Waals surface area contributed by atoms with Crippen molar-refractivity contribution in [3.8, 4) is 22.0 Å². The first-order chi connectivity index (χ1) is 8.86. The second-order valence-electron chi connectivity index (χ2n) is 3.92. The number of nitrogens with zero attached hydrogens (tertiary/aromatic N) is 1. The molecule has 0 atom stereocenters. The van der Waals surface area contributed by atoms with E-state index < -0.39 is 0 Å². The lowest BCUT2D eigenvalue weighted by Crippen LogP contribution is -1.95. The van der Waals surface area contributed by atoms with Crippen molar-refractivity contribution in [3.05, 3.63) is 53.6 Å². The van der Waals surface area contributed by atoms with Crippen molar-refractivity contribution in [2.24, 2.45) is 5.73 Å². The molecule has 0 aliphatic carbocycles. The Morgan fingerprint density at radius 3 is 2.94 bits per heavy atom. The first-order valence-corrected chi connectivity index (χ1v) is 6.53. The molecule has 0 aliphatic heterocycles. The summed E-state index contributed by atoms with van der Waals surface area (Å²) in [6.45, 7) is 0.545. The van der Waals surface area contributed by atoms with E-state index in [9.17, 15) is 0 Å². The van der Waals surface area contributed by atoms with E-state index in [1.54, 1.807) is 17.6 Å². The lowest BCUT2D eigenvalue weighted by atomic mass is 10.1. The zero-order valence-corrected chi connectivity index (χ0v) is 10.5. The number of thiazole rings is 1. The molecule has 1 aromatic carbocycles. The van der Waals surface area contributed by atoms with Gasteiger partial charge >= 0.3 is 0 Å². The van der Waals surface area contributed by atoms with E-state index in [0.717, 1.165) is 27.6 Å². The van der Waals surface area contributed by atoms with E-state index in [1.165, 1.54) is 0 Å². The van der Waals surface area contributed by atoms with Crippen molar-refractivity contribution in [2.45, 2.75) is 6.54 Å². The summed E-state index contributed by atoms with van der Waals surface area (Å²) in [5.74, 6) is 0.807. The molecule has 4 heteroatoms. The minimum Gasteiger partial charge on any atom is -0.462 e. The van der Waals surface area contributed by atoms with E-state index in [2.05, 4.69) is 11.1 Å². The van der Waals surface area contributed by atoms with Crippen LogP contribution in [0.4, 0.5) is 0 Å². The number of hydrogen-bond acceptors (Lipinski definition) is 4. The third-order valence-corrected chi connectivity index (χ3v) is 3.55. The molecule has 0 fully saturated rings. The van der Waals surface area contributed by atoms with Gasteiger partial charge in [0.1, 0.15) is 0 Å². The SMILES string of the molecule is NCc1cccc(-c2csc(-c3ccco3)n2)c1. The fourth-order valence-corrected chi connectivity index (χ4v) is 2.57. The number of benzene rings is 1. The van der Waals surface area contributed by atoms with Gasteiger partial charge in [-0.25, -0.2) is 4.98 Å². The zero-order chi connectivity index (χ0) is 12.4. The third kappa shape index (κ3) is 2.08. The lowest BCUT2D eigenvalue weighted by molar-refractivity contribution is 0.582. The Bertz CT molecular complexity index is 643. The normalized spacial score (nSPS) is 10.7. The van der Waals surface area contributed by atoms with Gasteiger partial charge in [-0.2, -0.15) is 0 Å². The van der Waals surface area contributed by atoms with Gasteiger partial charge in [-0.05, 0) is 23.8 Å². The Labute approximate surface area is 109 Å². The maximum atomic E-state index is 5.65. The number of hydrogen-bond donors (Lipinski definition) is 1. The van der Waals surface area contributed by atoms with E-state index >= 15 is 0 Å². The van der Waals surface area contributed by atoms with Crippen molar-refractivity contribution < 1.29 is 4.42 Å². The van der Waals surface area contributed by atoms with Crippen molar-refractivity contribution in [1.82, 2.24) is 4.98 Å². The zero-order valence-electron chi connectivity index (χ0n) is 9.67. The summed E-state index contributed by atoms with van der Waals surface area (Å²) in [6, 6.07) is 11.9. The number of aromatic nitrogens is 1. The summed E-state index contributed by atoms with van der Waals surface area (Å²) >= 11 is 1.58. The molecule has 0 saturated heterocycles. The van der Waals surface area contributed by atoms with Crippen molar-refractivity contribution in [3.63, 3.8) is 0 Å². The molecule has 0 saturated carbocycles. The van der Waals surface area contributed by atoms with Crippen LogP contribution in [0.2, 0.25) is 0 Å². The van der Waals surface area contributed by atoms with Gasteiger partial charge in [0, 0.05) is 17.5 Å². The molecule has 0 radical (unpaired) electrons. The molecule has 0 aliphatic rings. The molecule has 3 aromatic rings. The number of rotatable bonds is 3. The standard InChI is InChI=1S/C14H12N2OS/c15-8-10-3-1-4-11(7-10)12-9-18-14(16-12)13-5-2-6-17-13/h1-7,9H,8,15H2. The van der Waals surface area contributed by atoms with Gasteiger partial charge in [-0.3, -0.25) is 0 Å². The van der Waals surface area contributed by atoms with Gasteiger partial charge in [0.15, 0.2) is 10.8 Å². The molecule has 18 heavy (non-hydrogen) atoms. The molecule has 90 valence electrons. The van der Waals surface area contributed by atoms with Gasteiger partial charge in [0.25, 0.3) is 0 Å². The molecule has 2 heterocycles. The summed E-state index contributed by atoms with van der Waals surface area (Å²) in [5, 5.41) is 2.93. The molecule has 0 unspecified atom stereocenters. The summed E-state index contributed by atoms with van der Waals surface area (Å²) in [7, 11) is 0. The van der Waals surface area contributed by atoms with Crippen LogP contribution in [0.25, 0.3) is 22.0 Å². The quantitative estimate of drug-likeness (QED) is 0.780. The molecule has 3 nitrogen and oxygen atoms in total. The topological polar surface area (TPSA) is 52.0 Å². The molecular formula is C14H12N2OS. The van der Waals surface area contributed by atoms with Crippen LogP contribution in [0.3, 0.4) is 0 Å². The molecule has 0 amide bonds. The number of furan rings is 1. The minimum absolute atomic E-state index is 0.545. The second-order valence-corrected chi connectivity index (χ2v) is 4.78. The van der Waals surface area contributed by atoms with Crippen LogP contribution in [0.5, 0.6) is 0 Å². The Hall–Kier alpha value is -1.91. The summed E-state index contributed by atoms with van der Waals surface area (Å²) in [6.07, 6.45) is 1.66. The van der Waals surface area contributed by atoms with Gasteiger partial charge in [-0.15, -0.1) is 11.3 Å². The largest absolute Gasteiger partial charge is 0.462 e. The fourth-order valence-electron chi connectivity index (χ4n) is 1.78. The van der Waals surface area contributed by atoms with Crippen LogP contribution in [-0.2, 0) is 6.54 Å². The Morgan fingerprint density at radius 2 is 2.17 bits per heavy atom. The maximum absolute atomic E-state index is 5.65. The highest BCUT2D eigenvalue weighted by Crippen LogP contribution is 2.29. The first-order valence-electron chi connectivity index (χ1n) is 5.65. The fraction of sp³-hybridized carbons (Fsp3) is 0.0714. The van der Waals surface area contributed by atoms with E-state index in [1.807, 2.05) is 35.7 Å². The van der Waals surface area contributed by atoms with E-state index in [-0.39, 0.29) is 0 Å². The monoisotopic (exact) mass is 256 g/mol. The van der Waals surface area contributed by atoms with Gasteiger partial charge < -0.3 is 10.2 Å². The van der Waals surface area contributed by atoms with Crippen molar-refractivity contribution in [2.75, 3.05) is 0 Å². The van der Waals surface area contributed by atoms with E-state index in [4.69, 9.17) is 10.2 Å². The summed E-state index contributed by atoms with van der Waals surface area (Å²) < 4.78 is 5.34. The van der Waals surface area contributed by atoms with Gasteiger partial charge in [0.05, 0.1) is 12.0 Å². The first kappa shape index (κ1) is 11.2. The third-order valence-electron chi connectivity index (χ3n) is 2.69. The van der Waals surface area contributed by atoms with Gasteiger partial charge in [-0.1, -0.05) is 18.2 Å². The molecule has 2 N–H and O–H groups in total. The second kappa shape index (κ2) is 4.76. The molecule has 2 aromatic heterocycles. The van der Waals surface area contributed by atoms with Crippen LogP contribution in [0.15, 0.2) is 52.5 Å². The maximum Gasteiger partial charge on any atom is 0.162 e. The van der Waals surface area contributed by atoms with Crippen molar-refractivity contribution >= 4 is 11.3 Å².